The first-order valence-corrected chi connectivity index (χ1v) is 7.07. The highest BCUT2D eigenvalue weighted by atomic mass is 16.5. The molecule has 0 aromatic heterocycles. The van der Waals surface area contributed by atoms with Gasteiger partial charge in [-0.15, -0.1) is 0 Å². The van der Waals surface area contributed by atoms with Crippen molar-refractivity contribution in [3.63, 3.8) is 0 Å². The third-order valence-electron chi connectivity index (χ3n) is 3.90. The molecule has 0 unspecified atom stereocenters. The van der Waals surface area contributed by atoms with E-state index in [1.54, 1.807) is 12.0 Å². The highest BCUT2D eigenvalue weighted by molar-refractivity contribution is 5.79. The summed E-state index contributed by atoms with van der Waals surface area (Å²) >= 11 is 0. The smallest absolute Gasteiger partial charge is 0.225 e. The Morgan fingerprint density at radius 2 is 2.05 bits per heavy atom. The van der Waals surface area contributed by atoms with E-state index in [9.17, 15) is 4.79 Å². The summed E-state index contributed by atoms with van der Waals surface area (Å²) in [6.07, 6.45) is 4.33. The molecule has 0 aliphatic heterocycles. The number of carbonyl (C=O) groups is 1. The van der Waals surface area contributed by atoms with Gasteiger partial charge in [0, 0.05) is 26.1 Å². The summed E-state index contributed by atoms with van der Waals surface area (Å²) in [5.74, 6) is 0.872. The van der Waals surface area contributed by atoms with E-state index in [-0.39, 0.29) is 11.8 Å². The molecule has 1 fully saturated rings. The molecule has 0 atom stereocenters. The molecular weight excluding hydrogens is 242 g/mol. The molecule has 0 heterocycles. The lowest BCUT2D eigenvalue weighted by Gasteiger charge is -2.31. The van der Waals surface area contributed by atoms with Gasteiger partial charge in [0.05, 0.1) is 19.1 Å². The third-order valence-corrected chi connectivity index (χ3v) is 3.90. The Kier molecular flexibility index (Phi) is 7.46. The fourth-order valence-electron chi connectivity index (χ4n) is 2.62. The van der Waals surface area contributed by atoms with E-state index in [0.717, 1.165) is 32.2 Å². The topological polar surface area (TPSA) is 79.3 Å². The first-order valence-electron chi connectivity index (χ1n) is 7.07. The highest BCUT2D eigenvalue weighted by Crippen LogP contribution is 2.29. The molecule has 1 aliphatic rings. The Morgan fingerprint density at radius 3 is 2.58 bits per heavy atom. The van der Waals surface area contributed by atoms with Gasteiger partial charge in [0.2, 0.25) is 5.91 Å². The number of nitriles is 1. The lowest BCUT2D eigenvalue weighted by atomic mass is 9.81. The molecule has 0 spiro atoms. The second-order valence-corrected chi connectivity index (χ2v) is 5.18. The van der Waals surface area contributed by atoms with Crippen LogP contribution >= 0.6 is 0 Å². The van der Waals surface area contributed by atoms with E-state index in [4.69, 9.17) is 15.7 Å². The second-order valence-electron chi connectivity index (χ2n) is 5.18. The summed E-state index contributed by atoms with van der Waals surface area (Å²) in [6.45, 7) is 2.33. The predicted octanol–water partition coefficient (Wildman–Crippen LogP) is 1.14. The molecule has 5 heteroatoms. The van der Waals surface area contributed by atoms with Crippen LogP contribution in [0.1, 0.15) is 32.1 Å². The van der Waals surface area contributed by atoms with Crippen molar-refractivity contribution in [1.29, 1.82) is 5.26 Å². The molecule has 0 aromatic carbocycles. The molecule has 1 rings (SSSR count). The van der Waals surface area contributed by atoms with Gasteiger partial charge in [0.25, 0.3) is 0 Å². The first kappa shape index (κ1) is 15.9. The molecule has 108 valence electrons. The average Bonchev–Trinajstić information content (AvgIpc) is 2.47. The maximum atomic E-state index is 12.4. The lowest BCUT2D eigenvalue weighted by molar-refractivity contribution is -0.137. The molecule has 0 bridgehead atoms. The predicted molar refractivity (Wildman–Crippen MR) is 73.2 cm³/mol. The maximum absolute atomic E-state index is 12.4. The Bertz CT molecular complexity index is 306. The number of rotatable bonds is 7. The van der Waals surface area contributed by atoms with Crippen LogP contribution in [0.15, 0.2) is 0 Å². The van der Waals surface area contributed by atoms with Gasteiger partial charge in [-0.1, -0.05) is 0 Å². The molecule has 1 saturated carbocycles. The van der Waals surface area contributed by atoms with Gasteiger partial charge >= 0.3 is 0 Å². The number of hydrogen-bond donors (Lipinski definition) is 1. The normalized spacial score (nSPS) is 22.8. The van der Waals surface area contributed by atoms with Gasteiger partial charge in [-0.2, -0.15) is 5.26 Å². The highest BCUT2D eigenvalue weighted by Gasteiger charge is 2.28. The summed E-state index contributed by atoms with van der Waals surface area (Å²) < 4.78 is 5.03. The van der Waals surface area contributed by atoms with E-state index in [1.165, 1.54) is 0 Å². The third kappa shape index (κ3) is 5.17. The summed E-state index contributed by atoms with van der Waals surface area (Å²) in [5, 5.41) is 8.67. The Hall–Kier alpha value is -1.12. The number of ether oxygens (including phenoxy) is 1. The standard InChI is InChI=1S/C14H25N3O2/c1-19-10-9-17(8-2-7-15)14(18)13-5-3-12(11-16)4-6-13/h12-13H,2-6,8-11,16H2,1H3. The van der Waals surface area contributed by atoms with Crippen molar-refractivity contribution < 1.29 is 9.53 Å². The fraction of sp³-hybridized carbons (Fsp3) is 0.857. The summed E-state index contributed by atoms with van der Waals surface area (Å²) in [5.41, 5.74) is 5.67. The Balaban J connectivity index is 2.48. The summed E-state index contributed by atoms with van der Waals surface area (Å²) in [6, 6.07) is 2.10. The minimum atomic E-state index is 0.110. The zero-order valence-electron chi connectivity index (χ0n) is 11.8. The quantitative estimate of drug-likeness (QED) is 0.750. The minimum absolute atomic E-state index is 0.110. The van der Waals surface area contributed by atoms with E-state index >= 15 is 0 Å². The van der Waals surface area contributed by atoms with Crippen LogP contribution in [0.2, 0.25) is 0 Å². The van der Waals surface area contributed by atoms with E-state index in [0.29, 0.717) is 32.0 Å². The van der Waals surface area contributed by atoms with Crippen molar-refractivity contribution in [3.8, 4) is 6.07 Å². The van der Waals surface area contributed by atoms with Crippen LogP contribution in [0.4, 0.5) is 0 Å². The van der Waals surface area contributed by atoms with Crippen LogP contribution in [0, 0.1) is 23.2 Å². The van der Waals surface area contributed by atoms with Crippen LogP contribution < -0.4 is 5.73 Å². The van der Waals surface area contributed by atoms with E-state index in [1.807, 2.05) is 0 Å². The molecule has 0 aromatic rings. The van der Waals surface area contributed by atoms with Gasteiger partial charge in [-0.3, -0.25) is 4.79 Å². The monoisotopic (exact) mass is 267 g/mol. The number of nitrogens with zero attached hydrogens (tertiary/aromatic N) is 2. The molecule has 1 aliphatic carbocycles. The number of nitrogens with two attached hydrogens (primary N) is 1. The van der Waals surface area contributed by atoms with Crippen LogP contribution in [0.3, 0.4) is 0 Å². The molecule has 1 amide bonds. The second kappa shape index (κ2) is 8.89. The van der Waals surface area contributed by atoms with Gasteiger partial charge in [0.15, 0.2) is 0 Å². The van der Waals surface area contributed by atoms with Crippen LogP contribution in [-0.4, -0.2) is 44.2 Å². The van der Waals surface area contributed by atoms with Gasteiger partial charge < -0.3 is 15.4 Å². The van der Waals surface area contributed by atoms with Gasteiger partial charge in [-0.05, 0) is 38.1 Å². The van der Waals surface area contributed by atoms with Crippen molar-refractivity contribution in [1.82, 2.24) is 4.90 Å². The molecule has 5 nitrogen and oxygen atoms in total. The molecule has 0 saturated heterocycles. The number of methoxy groups -OCH3 is 1. The summed E-state index contributed by atoms with van der Waals surface area (Å²) in [7, 11) is 1.62. The van der Waals surface area contributed by atoms with Gasteiger partial charge in [0.1, 0.15) is 0 Å². The van der Waals surface area contributed by atoms with Crippen molar-refractivity contribution in [2.75, 3.05) is 33.4 Å². The van der Waals surface area contributed by atoms with Crippen LogP contribution in [0.5, 0.6) is 0 Å². The molecule has 0 radical (unpaired) electrons. The van der Waals surface area contributed by atoms with E-state index in [2.05, 4.69) is 6.07 Å². The average molecular weight is 267 g/mol. The number of carbonyl (C=O) groups excluding carboxylic acids is 1. The zero-order chi connectivity index (χ0) is 14.1. The first-order chi connectivity index (χ1) is 9.22. The largest absolute Gasteiger partial charge is 0.383 e. The fourth-order valence-corrected chi connectivity index (χ4v) is 2.62. The Labute approximate surface area is 115 Å². The lowest BCUT2D eigenvalue weighted by Crippen LogP contribution is -2.40. The number of hydrogen-bond acceptors (Lipinski definition) is 4. The van der Waals surface area contributed by atoms with Crippen molar-refractivity contribution in [2.24, 2.45) is 17.6 Å². The van der Waals surface area contributed by atoms with Crippen LogP contribution in [-0.2, 0) is 9.53 Å². The maximum Gasteiger partial charge on any atom is 0.225 e. The number of amides is 1. The molecular formula is C14H25N3O2. The van der Waals surface area contributed by atoms with Crippen molar-refractivity contribution in [3.05, 3.63) is 0 Å². The van der Waals surface area contributed by atoms with Crippen molar-refractivity contribution >= 4 is 5.91 Å². The van der Waals surface area contributed by atoms with Crippen LogP contribution in [0.25, 0.3) is 0 Å². The van der Waals surface area contributed by atoms with Crippen molar-refractivity contribution in [2.45, 2.75) is 32.1 Å². The summed E-state index contributed by atoms with van der Waals surface area (Å²) in [4.78, 5) is 14.2. The Morgan fingerprint density at radius 1 is 1.37 bits per heavy atom. The van der Waals surface area contributed by atoms with Gasteiger partial charge in [-0.25, -0.2) is 0 Å². The zero-order valence-corrected chi connectivity index (χ0v) is 11.8. The van der Waals surface area contributed by atoms with E-state index < -0.39 is 0 Å². The molecule has 19 heavy (non-hydrogen) atoms. The SMILES string of the molecule is COCCN(CCC#N)C(=O)C1CCC(CN)CC1. The minimum Gasteiger partial charge on any atom is -0.383 e. The molecule has 2 N–H and O–H groups in total.